The minimum absolute atomic E-state index is 0.308. The van der Waals surface area contributed by atoms with Crippen LogP contribution < -0.4 is 9.64 Å². The van der Waals surface area contributed by atoms with Gasteiger partial charge in [0.1, 0.15) is 11.6 Å². The summed E-state index contributed by atoms with van der Waals surface area (Å²) in [6, 6.07) is 27.4. The highest BCUT2D eigenvalue weighted by Crippen LogP contribution is 2.41. The highest BCUT2D eigenvalue weighted by atomic mass is 127. The van der Waals surface area contributed by atoms with Gasteiger partial charge in [0.05, 0.1) is 18.8 Å². The van der Waals surface area contributed by atoms with E-state index >= 15 is 0 Å². The third kappa shape index (κ3) is 3.46. The van der Waals surface area contributed by atoms with Gasteiger partial charge in [-0.2, -0.15) is 0 Å². The molecule has 1 saturated heterocycles. The Balaban J connectivity index is 1.69. The van der Waals surface area contributed by atoms with Gasteiger partial charge in [-0.3, -0.25) is 0 Å². The molecule has 4 heteroatoms. The number of aliphatic imine (C=N–C) groups is 1. The second kappa shape index (κ2) is 7.50. The molecule has 1 fully saturated rings. The Hall–Kier alpha value is -2.34. The van der Waals surface area contributed by atoms with Crippen LogP contribution in [0.1, 0.15) is 18.0 Å². The molecule has 0 spiro atoms. The van der Waals surface area contributed by atoms with E-state index in [0.717, 1.165) is 29.4 Å². The first-order chi connectivity index (χ1) is 12.7. The van der Waals surface area contributed by atoms with Crippen LogP contribution in [-0.4, -0.2) is 12.9 Å². The minimum Gasteiger partial charge on any atom is -0.497 e. The van der Waals surface area contributed by atoms with Crippen LogP contribution in [0.2, 0.25) is 0 Å². The fourth-order valence-corrected chi connectivity index (χ4v) is 3.56. The van der Waals surface area contributed by atoms with E-state index in [1.165, 1.54) is 9.13 Å². The SMILES string of the molecule is COc1ccc(N2/C(=N/c3ccccc3)CC2c2ccc(I)cc2)cc1. The van der Waals surface area contributed by atoms with Gasteiger partial charge >= 0.3 is 0 Å². The van der Waals surface area contributed by atoms with E-state index in [9.17, 15) is 0 Å². The maximum Gasteiger partial charge on any atom is 0.119 e. The fraction of sp³-hybridized carbons (Fsp3) is 0.136. The third-order valence-corrected chi connectivity index (χ3v) is 5.30. The second-order valence-corrected chi connectivity index (χ2v) is 7.45. The first-order valence-corrected chi connectivity index (χ1v) is 9.64. The van der Waals surface area contributed by atoms with Crippen molar-refractivity contribution in [1.29, 1.82) is 0 Å². The molecule has 0 N–H and O–H groups in total. The number of anilines is 1. The van der Waals surface area contributed by atoms with Gasteiger partial charge in [-0.05, 0) is 76.7 Å². The maximum absolute atomic E-state index is 5.30. The molecule has 3 aromatic carbocycles. The van der Waals surface area contributed by atoms with Crippen molar-refractivity contribution in [1.82, 2.24) is 0 Å². The van der Waals surface area contributed by atoms with Gasteiger partial charge in [0.15, 0.2) is 0 Å². The van der Waals surface area contributed by atoms with Crippen molar-refractivity contribution in [2.24, 2.45) is 4.99 Å². The molecule has 0 saturated carbocycles. The Kier molecular flexibility index (Phi) is 4.93. The zero-order chi connectivity index (χ0) is 17.9. The standard InChI is InChI=1S/C22H19IN2O/c1-26-20-13-11-19(12-14-20)25-21(16-7-9-17(23)10-8-16)15-22(25)24-18-5-3-2-4-6-18/h2-14,21H,15H2,1H3/b24-22+. The number of rotatable bonds is 4. The normalized spacial score (nSPS) is 17.8. The Morgan fingerprint density at radius 3 is 2.27 bits per heavy atom. The van der Waals surface area contributed by atoms with Crippen molar-refractivity contribution >= 4 is 39.8 Å². The lowest BCUT2D eigenvalue weighted by Gasteiger charge is -2.44. The number of amidine groups is 1. The average Bonchev–Trinajstić information content (AvgIpc) is 2.67. The molecule has 0 aromatic heterocycles. The molecular weight excluding hydrogens is 435 g/mol. The molecular formula is C22H19IN2O. The lowest BCUT2D eigenvalue weighted by atomic mass is 9.92. The molecule has 0 radical (unpaired) electrons. The van der Waals surface area contributed by atoms with E-state index in [-0.39, 0.29) is 0 Å². The number of hydrogen-bond acceptors (Lipinski definition) is 2. The van der Waals surface area contributed by atoms with E-state index in [1.54, 1.807) is 7.11 Å². The summed E-state index contributed by atoms with van der Waals surface area (Å²) >= 11 is 2.34. The fourth-order valence-electron chi connectivity index (χ4n) is 3.20. The van der Waals surface area contributed by atoms with Crippen LogP contribution in [0.25, 0.3) is 0 Å². The number of benzene rings is 3. The van der Waals surface area contributed by atoms with Crippen molar-refractivity contribution < 1.29 is 4.74 Å². The average molecular weight is 454 g/mol. The monoisotopic (exact) mass is 454 g/mol. The molecule has 3 nitrogen and oxygen atoms in total. The summed E-state index contributed by atoms with van der Waals surface area (Å²) in [5.74, 6) is 1.95. The van der Waals surface area contributed by atoms with Crippen LogP contribution in [0.5, 0.6) is 5.75 Å². The van der Waals surface area contributed by atoms with Crippen LogP contribution in [0.15, 0.2) is 83.9 Å². The predicted molar refractivity (Wildman–Crippen MR) is 116 cm³/mol. The van der Waals surface area contributed by atoms with Crippen LogP contribution in [0, 0.1) is 3.57 Å². The Labute approximate surface area is 167 Å². The minimum atomic E-state index is 0.308. The number of ether oxygens (including phenoxy) is 1. The highest BCUT2D eigenvalue weighted by molar-refractivity contribution is 14.1. The van der Waals surface area contributed by atoms with E-state index < -0.39 is 0 Å². The molecule has 3 aromatic rings. The number of nitrogens with zero attached hydrogens (tertiary/aromatic N) is 2. The van der Waals surface area contributed by atoms with E-state index in [0.29, 0.717) is 6.04 Å². The lowest BCUT2D eigenvalue weighted by molar-refractivity contribution is 0.415. The second-order valence-electron chi connectivity index (χ2n) is 6.20. The predicted octanol–water partition coefficient (Wildman–Crippen LogP) is 5.98. The summed E-state index contributed by atoms with van der Waals surface area (Å²) in [5.41, 5.74) is 3.44. The largest absolute Gasteiger partial charge is 0.497 e. The Morgan fingerprint density at radius 1 is 0.923 bits per heavy atom. The van der Waals surface area contributed by atoms with Crippen LogP contribution in [0.4, 0.5) is 11.4 Å². The molecule has 1 atom stereocenters. The molecule has 26 heavy (non-hydrogen) atoms. The Morgan fingerprint density at radius 2 is 1.62 bits per heavy atom. The first-order valence-electron chi connectivity index (χ1n) is 8.56. The molecule has 1 heterocycles. The molecule has 1 aliphatic rings. The van der Waals surface area contributed by atoms with Gasteiger partial charge in [-0.25, -0.2) is 4.99 Å². The maximum atomic E-state index is 5.30. The van der Waals surface area contributed by atoms with E-state index in [2.05, 4.69) is 63.9 Å². The number of para-hydroxylation sites is 1. The molecule has 4 rings (SSSR count). The molecule has 0 amide bonds. The van der Waals surface area contributed by atoms with Crippen molar-refractivity contribution in [3.63, 3.8) is 0 Å². The third-order valence-electron chi connectivity index (χ3n) is 4.59. The Bertz CT molecular complexity index is 905. The summed E-state index contributed by atoms with van der Waals surface area (Å²) in [6.45, 7) is 0. The first kappa shape index (κ1) is 17.1. The quantitative estimate of drug-likeness (QED) is 0.453. The molecule has 130 valence electrons. The van der Waals surface area contributed by atoms with Crippen molar-refractivity contribution in [3.05, 3.63) is 88.0 Å². The molecule has 0 bridgehead atoms. The molecule has 1 unspecified atom stereocenters. The van der Waals surface area contributed by atoms with Gasteiger partial charge in [0.25, 0.3) is 0 Å². The summed E-state index contributed by atoms with van der Waals surface area (Å²) in [5, 5.41) is 0. The number of hydrogen-bond donors (Lipinski definition) is 0. The summed E-state index contributed by atoms with van der Waals surface area (Å²) < 4.78 is 6.55. The van der Waals surface area contributed by atoms with Gasteiger partial charge in [0.2, 0.25) is 0 Å². The zero-order valence-corrected chi connectivity index (χ0v) is 16.6. The van der Waals surface area contributed by atoms with Gasteiger partial charge in [-0.1, -0.05) is 30.3 Å². The van der Waals surface area contributed by atoms with Gasteiger partial charge in [-0.15, -0.1) is 0 Å². The van der Waals surface area contributed by atoms with Crippen LogP contribution in [0.3, 0.4) is 0 Å². The number of halogens is 1. The van der Waals surface area contributed by atoms with E-state index in [1.807, 2.05) is 42.5 Å². The zero-order valence-electron chi connectivity index (χ0n) is 14.5. The van der Waals surface area contributed by atoms with Crippen molar-refractivity contribution in [2.75, 3.05) is 12.0 Å². The van der Waals surface area contributed by atoms with Gasteiger partial charge in [0, 0.05) is 15.7 Å². The van der Waals surface area contributed by atoms with Crippen molar-refractivity contribution in [2.45, 2.75) is 12.5 Å². The molecule has 0 aliphatic carbocycles. The van der Waals surface area contributed by atoms with E-state index in [4.69, 9.17) is 9.73 Å². The summed E-state index contributed by atoms with van der Waals surface area (Å²) in [4.78, 5) is 7.18. The summed E-state index contributed by atoms with van der Waals surface area (Å²) in [6.07, 6.45) is 0.932. The smallest absolute Gasteiger partial charge is 0.119 e. The highest BCUT2D eigenvalue weighted by Gasteiger charge is 2.36. The van der Waals surface area contributed by atoms with Crippen LogP contribution >= 0.6 is 22.6 Å². The van der Waals surface area contributed by atoms with Gasteiger partial charge < -0.3 is 9.64 Å². The van der Waals surface area contributed by atoms with Crippen molar-refractivity contribution in [3.8, 4) is 5.75 Å². The topological polar surface area (TPSA) is 24.8 Å². The molecule has 1 aliphatic heterocycles. The summed E-state index contributed by atoms with van der Waals surface area (Å²) in [7, 11) is 1.69. The lowest BCUT2D eigenvalue weighted by Crippen LogP contribution is -2.46. The number of methoxy groups -OCH3 is 1. The van der Waals surface area contributed by atoms with Crippen LogP contribution in [-0.2, 0) is 0 Å².